The summed E-state index contributed by atoms with van der Waals surface area (Å²) in [4.78, 5) is 10.9. The van der Waals surface area contributed by atoms with Crippen molar-refractivity contribution in [3.63, 3.8) is 0 Å². The van der Waals surface area contributed by atoms with E-state index in [9.17, 15) is 4.79 Å². The lowest BCUT2D eigenvalue weighted by Gasteiger charge is -2.35. The number of anilines is 1. The van der Waals surface area contributed by atoms with Gasteiger partial charge >= 0.3 is 5.97 Å². The number of carboxylic acid groups (broad SMARTS) is 1. The number of methoxy groups -OCH3 is 1. The van der Waals surface area contributed by atoms with Gasteiger partial charge in [-0.2, -0.15) is 0 Å². The molecule has 0 aromatic heterocycles. The van der Waals surface area contributed by atoms with Crippen molar-refractivity contribution in [1.29, 1.82) is 0 Å². The lowest BCUT2D eigenvalue weighted by Crippen LogP contribution is -2.40. The fraction of sp³-hybridized carbons (Fsp3) is 0.462. The number of nitrogens with one attached hydrogen (secondary N) is 1. The summed E-state index contributed by atoms with van der Waals surface area (Å²) in [5.74, 6) is -0.878. The Kier molecular flexibility index (Phi) is 3.33. The van der Waals surface area contributed by atoms with Crippen LogP contribution in [0.5, 0.6) is 0 Å². The molecule has 1 fully saturated rings. The summed E-state index contributed by atoms with van der Waals surface area (Å²) in [6.07, 6.45) is 2.39. The van der Waals surface area contributed by atoms with Gasteiger partial charge in [-0.3, -0.25) is 0 Å². The Hall–Kier alpha value is -1.55. The number of carbonyl (C=O) groups is 1. The third-order valence-corrected chi connectivity index (χ3v) is 3.26. The monoisotopic (exact) mass is 235 g/mol. The molecule has 1 aliphatic rings. The average molecular weight is 235 g/mol. The molecule has 0 unspecified atom stereocenters. The Balaban J connectivity index is 1.99. The number of hydrogen-bond acceptors (Lipinski definition) is 3. The molecule has 4 nitrogen and oxygen atoms in total. The highest BCUT2D eigenvalue weighted by Crippen LogP contribution is 2.27. The topological polar surface area (TPSA) is 58.6 Å². The van der Waals surface area contributed by atoms with E-state index in [1.54, 1.807) is 13.2 Å². The van der Waals surface area contributed by atoms with Gasteiger partial charge in [-0.1, -0.05) is 0 Å². The van der Waals surface area contributed by atoms with Gasteiger partial charge in [-0.25, -0.2) is 4.79 Å². The summed E-state index contributed by atoms with van der Waals surface area (Å²) in [5, 5.41) is 12.3. The van der Waals surface area contributed by atoms with E-state index in [1.807, 2.05) is 19.1 Å². The van der Waals surface area contributed by atoms with E-state index in [0.717, 1.165) is 24.1 Å². The van der Waals surface area contributed by atoms with Crippen LogP contribution in [0.3, 0.4) is 0 Å². The van der Waals surface area contributed by atoms with Gasteiger partial charge in [0.15, 0.2) is 0 Å². The number of rotatable bonds is 4. The largest absolute Gasteiger partial charge is 0.478 e. The second-order valence-electron chi connectivity index (χ2n) is 4.51. The van der Waals surface area contributed by atoms with Gasteiger partial charge in [0.05, 0.1) is 11.7 Å². The van der Waals surface area contributed by atoms with E-state index < -0.39 is 5.97 Å². The highest BCUT2D eigenvalue weighted by molar-refractivity contribution is 5.89. The minimum absolute atomic E-state index is 0.360. The Morgan fingerprint density at radius 3 is 2.71 bits per heavy atom. The first-order chi connectivity index (χ1) is 8.10. The number of hydrogen-bond donors (Lipinski definition) is 2. The van der Waals surface area contributed by atoms with E-state index in [1.165, 1.54) is 0 Å². The average Bonchev–Trinajstić information content (AvgIpc) is 2.22. The van der Waals surface area contributed by atoms with Gasteiger partial charge in [0.25, 0.3) is 0 Å². The van der Waals surface area contributed by atoms with Gasteiger partial charge in [0.1, 0.15) is 0 Å². The number of ether oxygens (including phenoxy) is 1. The molecule has 0 bridgehead atoms. The predicted molar refractivity (Wildman–Crippen MR) is 65.6 cm³/mol. The summed E-state index contributed by atoms with van der Waals surface area (Å²) >= 11 is 0. The van der Waals surface area contributed by atoms with E-state index in [4.69, 9.17) is 9.84 Å². The maximum atomic E-state index is 10.9. The van der Waals surface area contributed by atoms with E-state index in [0.29, 0.717) is 17.7 Å². The van der Waals surface area contributed by atoms with Crippen LogP contribution in [0, 0.1) is 6.92 Å². The Morgan fingerprint density at radius 1 is 1.47 bits per heavy atom. The predicted octanol–water partition coefficient (Wildman–Crippen LogP) is 2.28. The number of benzene rings is 1. The Labute approximate surface area is 101 Å². The molecule has 1 saturated carbocycles. The van der Waals surface area contributed by atoms with Crippen molar-refractivity contribution in [2.24, 2.45) is 0 Å². The molecule has 0 radical (unpaired) electrons. The van der Waals surface area contributed by atoms with Crippen LogP contribution >= 0.6 is 0 Å². The highest BCUT2D eigenvalue weighted by Gasteiger charge is 2.28. The van der Waals surface area contributed by atoms with Crippen molar-refractivity contribution in [1.82, 2.24) is 0 Å². The maximum absolute atomic E-state index is 10.9. The van der Waals surface area contributed by atoms with E-state index in [-0.39, 0.29) is 0 Å². The molecular weight excluding hydrogens is 218 g/mol. The molecule has 0 amide bonds. The molecule has 0 atom stereocenters. The number of aryl methyl sites for hydroxylation is 1. The van der Waals surface area contributed by atoms with Gasteiger partial charge < -0.3 is 15.2 Å². The van der Waals surface area contributed by atoms with Gasteiger partial charge in [-0.05, 0) is 43.5 Å². The van der Waals surface area contributed by atoms with Crippen LogP contribution in [0.1, 0.15) is 28.8 Å². The fourth-order valence-electron chi connectivity index (χ4n) is 2.11. The molecule has 2 N–H and O–H groups in total. The zero-order valence-electron chi connectivity index (χ0n) is 10.1. The van der Waals surface area contributed by atoms with Crippen molar-refractivity contribution in [2.45, 2.75) is 31.9 Å². The van der Waals surface area contributed by atoms with Crippen LogP contribution in [0.4, 0.5) is 5.69 Å². The van der Waals surface area contributed by atoms with Crippen molar-refractivity contribution in [3.8, 4) is 0 Å². The molecule has 2 rings (SSSR count). The van der Waals surface area contributed by atoms with Crippen LogP contribution in [0.25, 0.3) is 0 Å². The van der Waals surface area contributed by atoms with Crippen LogP contribution < -0.4 is 5.32 Å². The second-order valence-corrected chi connectivity index (χ2v) is 4.51. The second kappa shape index (κ2) is 4.75. The lowest BCUT2D eigenvalue weighted by atomic mass is 9.89. The zero-order valence-corrected chi connectivity index (χ0v) is 10.1. The van der Waals surface area contributed by atoms with E-state index in [2.05, 4.69) is 5.32 Å². The SMILES string of the molecule is COC1CC(Nc2ccc(C(=O)O)c(C)c2)C1. The Bertz CT molecular complexity index is 425. The fourth-order valence-corrected chi connectivity index (χ4v) is 2.11. The Morgan fingerprint density at radius 2 is 2.18 bits per heavy atom. The van der Waals surface area contributed by atoms with Crippen LogP contribution in [-0.4, -0.2) is 30.3 Å². The first kappa shape index (κ1) is 11.9. The normalized spacial score (nSPS) is 22.9. The summed E-state index contributed by atoms with van der Waals surface area (Å²) in [7, 11) is 1.73. The van der Waals surface area contributed by atoms with E-state index >= 15 is 0 Å². The van der Waals surface area contributed by atoms with Gasteiger partial charge in [-0.15, -0.1) is 0 Å². The highest BCUT2D eigenvalue weighted by atomic mass is 16.5. The van der Waals surface area contributed by atoms with Crippen molar-refractivity contribution in [3.05, 3.63) is 29.3 Å². The molecule has 1 aromatic rings. The third-order valence-electron chi connectivity index (χ3n) is 3.26. The molecular formula is C13H17NO3. The van der Waals surface area contributed by atoms with Gasteiger partial charge in [0.2, 0.25) is 0 Å². The summed E-state index contributed by atoms with van der Waals surface area (Å²) in [5.41, 5.74) is 2.12. The van der Waals surface area contributed by atoms with Crippen LogP contribution in [0.15, 0.2) is 18.2 Å². The van der Waals surface area contributed by atoms with Crippen molar-refractivity contribution >= 4 is 11.7 Å². The smallest absolute Gasteiger partial charge is 0.335 e. The minimum atomic E-state index is -0.878. The molecule has 0 heterocycles. The zero-order chi connectivity index (χ0) is 12.4. The lowest BCUT2D eigenvalue weighted by molar-refractivity contribution is 0.0329. The molecule has 92 valence electrons. The molecule has 0 saturated heterocycles. The van der Waals surface area contributed by atoms with Crippen LogP contribution in [-0.2, 0) is 4.74 Å². The minimum Gasteiger partial charge on any atom is -0.478 e. The summed E-state index contributed by atoms with van der Waals surface area (Å²) in [6.45, 7) is 1.81. The number of aromatic carboxylic acids is 1. The summed E-state index contributed by atoms with van der Waals surface area (Å²) in [6, 6.07) is 5.78. The summed E-state index contributed by atoms with van der Waals surface area (Å²) < 4.78 is 5.21. The molecule has 0 spiro atoms. The maximum Gasteiger partial charge on any atom is 0.335 e. The molecule has 1 aliphatic carbocycles. The third kappa shape index (κ3) is 2.58. The molecule has 17 heavy (non-hydrogen) atoms. The first-order valence-corrected chi connectivity index (χ1v) is 5.73. The molecule has 0 aliphatic heterocycles. The molecule has 1 aromatic carbocycles. The standard InChI is InChI=1S/C13H17NO3/c1-8-5-9(3-4-12(8)13(15)16)14-10-6-11(7-10)17-2/h3-5,10-11,14H,6-7H2,1-2H3,(H,15,16). The van der Waals surface area contributed by atoms with Gasteiger partial charge in [0, 0.05) is 18.8 Å². The molecule has 4 heteroatoms. The number of carboxylic acids is 1. The quantitative estimate of drug-likeness (QED) is 0.840. The first-order valence-electron chi connectivity index (χ1n) is 5.73. The van der Waals surface area contributed by atoms with Crippen LogP contribution in [0.2, 0.25) is 0 Å². The van der Waals surface area contributed by atoms with Crippen molar-refractivity contribution < 1.29 is 14.6 Å². The van der Waals surface area contributed by atoms with Crippen molar-refractivity contribution in [2.75, 3.05) is 12.4 Å².